The zero-order valence-electron chi connectivity index (χ0n) is 10.4. The smallest absolute Gasteiger partial charge is 0.0961 e. The largest absolute Gasteiger partial charge is 0.254 e. The first-order valence-electron chi connectivity index (χ1n) is 5.66. The Morgan fingerprint density at radius 2 is 1.94 bits per heavy atom. The fourth-order valence-corrected chi connectivity index (χ4v) is 1.51. The minimum absolute atomic E-state index is 0.950. The third-order valence-electron chi connectivity index (χ3n) is 2.20. The second kappa shape index (κ2) is 6.01. The van der Waals surface area contributed by atoms with Gasteiger partial charge in [0.15, 0.2) is 0 Å². The second-order valence-corrected chi connectivity index (χ2v) is 3.23. The Balaban J connectivity index is 0.000000606. The van der Waals surface area contributed by atoms with Crippen LogP contribution in [0.2, 0.25) is 0 Å². The van der Waals surface area contributed by atoms with Crippen molar-refractivity contribution in [2.75, 3.05) is 0 Å². The van der Waals surface area contributed by atoms with E-state index >= 15 is 0 Å². The highest BCUT2D eigenvalue weighted by Gasteiger charge is 2.02. The molecule has 0 amide bonds. The van der Waals surface area contributed by atoms with Gasteiger partial charge in [-0.1, -0.05) is 26.0 Å². The van der Waals surface area contributed by atoms with E-state index in [4.69, 9.17) is 0 Å². The van der Waals surface area contributed by atoms with Crippen LogP contribution in [0.1, 0.15) is 31.9 Å². The zero-order valence-corrected chi connectivity index (χ0v) is 10.4. The van der Waals surface area contributed by atoms with Crippen LogP contribution in [-0.4, -0.2) is 9.97 Å². The number of aromatic nitrogens is 2. The first kappa shape index (κ1) is 12.4. The monoisotopic (exact) mass is 214 g/mol. The summed E-state index contributed by atoms with van der Waals surface area (Å²) < 4.78 is 0. The average molecular weight is 214 g/mol. The highest BCUT2D eigenvalue weighted by Crippen LogP contribution is 2.18. The van der Waals surface area contributed by atoms with E-state index in [1.807, 2.05) is 45.2 Å². The number of hydrogen-bond donors (Lipinski definition) is 0. The van der Waals surface area contributed by atoms with Gasteiger partial charge in [-0.05, 0) is 31.5 Å². The molecule has 0 atom stereocenters. The van der Waals surface area contributed by atoms with Gasteiger partial charge in [-0.25, -0.2) is 0 Å². The number of nitrogens with zero attached hydrogens (tertiary/aromatic N) is 2. The van der Waals surface area contributed by atoms with Crippen molar-refractivity contribution in [1.82, 2.24) is 9.97 Å². The molecule has 2 heterocycles. The Hall–Kier alpha value is -1.70. The number of aryl methyl sites for hydroxylation is 1. The molecule has 0 N–H and O–H groups in total. The van der Waals surface area contributed by atoms with Crippen molar-refractivity contribution in [2.45, 2.75) is 27.7 Å². The van der Waals surface area contributed by atoms with Crippen molar-refractivity contribution in [2.24, 2.45) is 0 Å². The average Bonchev–Trinajstić information content (AvgIpc) is 2.35. The van der Waals surface area contributed by atoms with Crippen molar-refractivity contribution < 1.29 is 0 Å². The van der Waals surface area contributed by atoms with Crippen molar-refractivity contribution in [1.29, 1.82) is 0 Å². The van der Waals surface area contributed by atoms with Crippen LogP contribution in [0.3, 0.4) is 0 Å². The quantitative estimate of drug-likeness (QED) is 0.717. The van der Waals surface area contributed by atoms with E-state index in [1.165, 1.54) is 0 Å². The topological polar surface area (TPSA) is 25.8 Å². The van der Waals surface area contributed by atoms with Crippen LogP contribution in [0, 0.1) is 6.92 Å². The third kappa shape index (κ3) is 2.45. The predicted molar refractivity (Wildman–Crippen MR) is 70.3 cm³/mol. The molecular formula is C14H18N2. The Labute approximate surface area is 97.1 Å². The minimum atomic E-state index is 0.950. The molecule has 0 saturated carbocycles. The van der Waals surface area contributed by atoms with Gasteiger partial charge < -0.3 is 0 Å². The molecule has 0 radical (unpaired) electrons. The molecule has 0 saturated heterocycles. The number of rotatable bonds is 1. The van der Waals surface area contributed by atoms with Gasteiger partial charge in [0.1, 0.15) is 0 Å². The summed E-state index contributed by atoms with van der Waals surface area (Å²) in [4.78, 5) is 8.67. The van der Waals surface area contributed by atoms with E-state index in [-0.39, 0.29) is 0 Å². The lowest BCUT2D eigenvalue weighted by atomic mass is 10.1. The summed E-state index contributed by atoms with van der Waals surface area (Å²) in [6, 6.07) is 3.89. The maximum Gasteiger partial charge on any atom is 0.0961 e. The molecule has 0 bridgehead atoms. The maximum absolute atomic E-state index is 4.35. The van der Waals surface area contributed by atoms with E-state index in [2.05, 4.69) is 23.0 Å². The van der Waals surface area contributed by atoms with Gasteiger partial charge in [-0.3, -0.25) is 9.97 Å². The summed E-state index contributed by atoms with van der Waals surface area (Å²) in [5.74, 6) is 0. The molecule has 0 aliphatic rings. The Morgan fingerprint density at radius 1 is 1.19 bits per heavy atom. The van der Waals surface area contributed by atoms with E-state index in [9.17, 15) is 0 Å². The van der Waals surface area contributed by atoms with Crippen molar-refractivity contribution in [3.8, 4) is 0 Å². The van der Waals surface area contributed by atoms with E-state index in [0.29, 0.717) is 0 Å². The van der Waals surface area contributed by atoms with Crippen LogP contribution in [0.4, 0.5) is 0 Å². The van der Waals surface area contributed by atoms with Crippen LogP contribution in [-0.2, 0) is 0 Å². The first-order valence-corrected chi connectivity index (χ1v) is 5.66. The molecule has 0 aliphatic carbocycles. The lowest BCUT2D eigenvalue weighted by Crippen LogP contribution is -1.89. The molecule has 2 aromatic rings. The highest BCUT2D eigenvalue weighted by atomic mass is 14.7. The Kier molecular flexibility index (Phi) is 4.65. The fourth-order valence-electron chi connectivity index (χ4n) is 1.51. The van der Waals surface area contributed by atoms with Gasteiger partial charge in [0.25, 0.3) is 0 Å². The summed E-state index contributed by atoms with van der Waals surface area (Å²) in [6.07, 6.45) is 7.79. The van der Waals surface area contributed by atoms with Crippen LogP contribution < -0.4 is 0 Å². The molecule has 0 aromatic carbocycles. The summed E-state index contributed by atoms with van der Waals surface area (Å²) >= 11 is 0. The maximum atomic E-state index is 4.35. The molecule has 2 rings (SSSR count). The molecule has 0 spiro atoms. The van der Waals surface area contributed by atoms with Crippen LogP contribution in [0.25, 0.3) is 17.1 Å². The standard InChI is InChI=1S/C12H12N2.C2H6/c1-3-5-10-9(2)8-14-11-6-4-7-13-12(10)11;1-2/h3-8H,1-2H3;1-2H3/b5-3-;. The molecule has 16 heavy (non-hydrogen) atoms. The number of hydrogen-bond acceptors (Lipinski definition) is 2. The number of allylic oxidation sites excluding steroid dienone is 1. The number of fused-ring (bicyclic) bond motifs is 1. The Bertz CT molecular complexity index is 487. The third-order valence-corrected chi connectivity index (χ3v) is 2.20. The molecule has 2 nitrogen and oxygen atoms in total. The van der Waals surface area contributed by atoms with Crippen LogP contribution in [0.15, 0.2) is 30.6 Å². The van der Waals surface area contributed by atoms with Crippen molar-refractivity contribution >= 4 is 17.1 Å². The number of pyridine rings is 2. The van der Waals surface area contributed by atoms with Gasteiger partial charge in [-0.15, -0.1) is 0 Å². The van der Waals surface area contributed by atoms with Gasteiger partial charge in [-0.2, -0.15) is 0 Å². The van der Waals surface area contributed by atoms with Gasteiger partial charge >= 0.3 is 0 Å². The molecular weight excluding hydrogens is 196 g/mol. The van der Waals surface area contributed by atoms with E-state index in [0.717, 1.165) is 22.2 Å². The van der Waals surface area contributed by atoms with Crippen LogP contribution in [0.5, 0.6) is 0 Å². The lowest BCUT2D eigenvalue weighted by molar-refractivity contribution is 1.28. The minimum Gasteiger partial charge on any atom is -0.254 e. The van der Waals surface area contributed by atoms with Gasteiger partial charge in [0.2, 0.25) is 0 Å². The lowest BCUT2D eigenvalue weighted by Gasteiger charge is -2.03. The summed E-state index contributed by atoms with van der Waals surface area (Å²) in [7, 11) is 0. The van der Waals surface area contributed by atoms with Crippen molar-refractivity contribution in [3.63, 3.8) is 0 Å². The first-order chi connectivity index (χ1) is 7.83. The molecule has 2 aromatic heterocycles. The molecule has 0 fully saturated rings. The van der Waals surface area contributed by atoms with Gasteiger partial charge in [0.05, 0.1) is 11.0 Å². The van der Waals surface area contributed by atoms with Crippen molar-refractivity contribution in [3.05, 3.63) is 41.7 Å². The molecule has 0 aliphatic heterocycles. The van der Waals surface area contributed by atoms with Crippen LogP contribution >= 0.6 is 0 Å². The molecule has 84 valence electrons. The molecule has 2 heteroatoms. The second-order valence-electron chi connectivity index (χ2n) is 3.23. The van der Waals surface area contributed by atoms with Gasteiger partial charge in [0, 0.05) is 18.0 Å². The summed E-state index contributed by atoms with van der Waals surface area (Å²) in [5.41, 5.74) is 4.25. The highest BCUT2D eigenvalue weighted by molar-refractivity contribution is 5.85. The zero-order chi connectivity index (χ0) is 12.0. The SMILES string of the molecule is C/C=C\c1c(C)cnc2cccnc12.CC. The van der Waals surface area contributed by atoms with E-state index < -0.39 is 0 Å². The predicted octanol–water partition coefficient (Wildman–Crippen LogP) is 4.00. The van der Waals surface area contributed by atoms with E-state index in [1.54, 1.807) is 6.20 Å². The molecule has 0 unspecified atom stereocenters. The summed E-state index contributed by atoms with van der Waals surface area (Å²) in [5, 5.41) is 0. The fraction of sp³-hybridized carbons (Fsp3) is 0.286. The normalized spacial score (nSPS) is 10.2. The Morgan fingerprint density at radius 3 is 2.62 bits per heavy atom. The summed E-state index contributed by atoms with van der Waals surface area (Å²) in [6.45, 7) is 8.06.